The van der Waals surface area contributed by atoms with Gasteiger partial charge in [-0.15, -0.1) is 0 Å². The third kappa shape index (κ3) is 2.87. The predicted molar refractivity (Wildman–Crippen MR) is 150 cm³/mol. The average Bonchev–Trinajstić information content (AvgIpc) is 3.66. The lowest BCUT2D eigenvalue weighted by atomic mass is 9.67. The molecule has 0 spiro atoms. The third-order valence-electron chi connectivity index (χ3n) is 8.90. The SMILES string of the molecule is Cc1cc2cc3c(cc2cc1CN)C(=O)c1c(O)cc2c(c1C3=O)N[C@H]1C#C/C=C\C#C[C@@H](C)[C@@]23O[C@@]13[C@@H](C)O. The van der Waals surface area contributed by atoms with E-state index in [1.165, 1.54) is 6.07 Å². The molecule has 7 rings (SSSR count). The number of aliphatic hydroxyl groups excluding tert-OH is 1. The molecule has 40 heavy (non-hydrogen) atoms. The second-order valence-corrected chi connectivity index (χ2v) is 11.0. The van der Waals surface area contributed by atoms with Crippen LogP contribution in [0.15, 0.2) is 42.5 Å². The summed E-state index contributed by atoms with van der Waals surface area (Å²) < 4.78 is 6.46. The van der Waals surface area contributed by atoms with Gasteiger partial charge in [-0.2, -0.15) is 0 Å². The van der Waals surface area contributed by atoms with Gasteiger partial charge in [-0.05, 0) is 79.1 Å². The molecular formula is C33H26N2O5. The number of nitrogens with two attached hydrogens (primary N) is 1. The van der Waals surface area contributed by atoms with Crippen LogP contribution in [0.5, 0.6) is 5.75 Å². The van der Waals surface area contributed by atoms with Crippen molar-refractivity contribution in [2.24, 2.45) is 11.7 Å². The first-order valence-corrected chi connectivity index (χ1v) is 13.2. The zero-order valence-electron chi connectivity index (χ0n) is 22.2. The van der Waals surface area contributed by atoms with Gasteiger partial charge in [0.05, 0.1) is 28.8 Å². The fraction of sp³-hybridized carbons (Fsp3) is 0.273. The van der Waals surface area contributed by atoms with Crippen LogP contribution < -0.4 is 11.1 Å². The van der Waals surface area contributed by atoms with E-state index in [1.807, 2.05) is 26.0 Å². The summed E-state index contributed by atoms with van der Waals surface area (Å²) in [5.74, 6) is 10.6. The lowest BCUT2D eigenvalue weighted by molar-refractivity contribution is 0.0868. The molecule has 0 radical (unpaired) electrons. The summed E-state index contributed by atoms with van der Waals surface area (Å²) in [6.45, 7) is 5.83. The van der Waals surface area contributed by atoms with Gasteiger partial charge in [0.2, 0.25) is 0 Å². The molecular weight excluding hydrogens is 504 g/mol. The molecule has 198 valence electrons. The highest BCUT2D eigenvalue weighted by molar-refractivity contribution is 6.32. The maximum absolute atomic E-state index is 14.3. The van der Waals surface area contributed by atoms with Crippen LogP contribution in [0.1, 0.15) is 62.4 Å². The highest BCUT2D eigenvalue weighted by Crippen LogP contribution is 2.68. The molecule has 3 aromatic carbocycles. The topological polar surface area (TPSA) is 125 Å². The van der Waals surface area contributed by atoms with Crippen molar-refractivity contribution >= 4 is 28.0 Å². The minimum atomic E-state index is -1.17. The summed E-state index contributed by atoms with van der Waals surface area (Å²) in [6.07, 6.45) is 2.33. The number of ketones is 2. The van der Waals surface area contributed by atoms with Crippen LogP contribution >= 0.6 is 0 Å². The van der Waals surface area contributed by atoms with Crippen molar-refractivity contribution in [1.82, 2.24) is 0 Å². The molecule has 5 N–H and O–H groups in total. The number of allylic oxidation sites excluding steroid dienone is 2. The first-order valence-electron chi connectivity index (χ1n) is 13.2. The van der Waals surface area contributed by atoms with E-state index in [1.54, 1.807) is 31.2 Å². The van der Waals surface area contributed by atoms with Gasteiger partial charge >= 0.3 is 0 Å². The van der Waals surface area contributed by atoms with E-state index in [0.717, 1.165) is 21.9 Å². The number of carbonyl (C=O) groups is 2. The Hall–Kier alpha value is -4.40. The summed E-state index contributed by atoms with van der Waals surface area (Å²) in [6, 6.07) is 8.09. The van der Waals surface area contributed by atoms with Crippen LogP contribution in [0.4, 0.5) is 5.69 Å². The Labute approximate surface area is 231 Å². The first-order chi connectivity index (χ1) is 19.2. The molecule has 2 aliphatic carbocycles. The highest BCUT2D eigenvalue weighted by Gasteiger charge is 2.81. The summed E-state index contributed by atoms with van der Waals surface area (Å²) in [5, 5.41) is 27.3. The van der Waals surface area contributed by atoms with Crippen molar-refractivity contribution < 1.29 is 24.5 Å². The maximum Gasteiger partial charge on any atom is 0.198 e. The van der Waals surface area contributed by atoms with Crippen LogP contribution in [0, 0.1) is 36.5 Å². The number of phenols is 1. The largest absolute Gasteiger partial charge is 0.507 e. The molecule has 3 aromatic rings. The molecule has 0 amide bonds. The maximum atomic E-state index is 14.3. The Morgan fingerprint density at radius 1 is 1.02 bits per heavy atom. The predicted octanol–water partition coefficient (Wildman–Crippen LogP) is 3.44. The second-order valence-electron chi connectivity index (χ2n) is 11.0. The normalized spacial score (nSPS) is 28.3. The number of fused-ring (bicyclic) bond motifs is 5. The summed E-state index contributed by atoms with van der Waals surface area (Å²) in [7, 11) is 0. The molecule has 7 nitrogen and oxygen atoms in total. The first kappa shape index (κ1) is 24.6. The minimum absolute atomic E-state index is 0.0629. The van der Waals surface area contributed by atoms with Crippen LogP contribution in [-0.2, 0) is 16.9 Å². The molecule has 5 atom stereocenters. The number of carbonyl (C=O) groups excluding carboxylic acids is 2. The van der Waals surface area contributed by atoms with E-state index in [9.17, 15) is 19.8 Å². The molecule has 0 aromatic heterocycles. The van der Waals surface area contributed by atoms with E-state index >= 15 is 0 Å². The van der Waals surface area contributed by atoms with Gasteiger partial charge in [0.15, 0.2) is 17.2 Å². The monoisotopic (exact) mass is 530 g/mol. The number of benzene rings is 3. The number of aryl methyl sites for hydroxylation is 1. The Balaban J connectivity index is 1.50. The van der Waals surface area contributed by atoms with Gasteiger partial charge in [0.1, 0.15) is 17.4 Å². The van der Waals surface area contributed by atoms with Crippen LogP contribution in [-0.4, -0.2) is 39.5 Å². The van der Waals surface area contributed by atoms with E-state index in [0.29, 0.717) is 17.8 Å². The molecule has 1 fully saturated rings. The van der Waals surface area contributed by atoms with Gasteiger partial charge in [-0.3, -0.25) is 9.59 Å². The summed E-state index contributed by atoms with van der Waals surface area (Å²) in [4.78, 5) is 28.2. The van der Waals surface area contributed by atoms with Gasteiger partial charge in [-0.25, -0.2) is 0 Å². The van der Waals surface area contributed by atoms with E-state index in [-0.39, 0.29) is 33.8 Å². The zero-order chi connectivity index (χ0) is 28.1. The Morgan fingerprint density at radius 3 is 2.35 bits per heavy atom. The molecule has 7 heteroatoms. The number of ether oxygens (including phenoxy) is 1. The number of phenolic OH excluding ortho intramolecular Hbond substituents is 1. The van der Waals surface area contributed by atoms with Crippen molar-refractivity contribution in [3.63, 3.8) is 0 Å². The van der Waals surface area contributed by atoms with Crippen LogP contribution in [0.25, 0.3) is 10.8 Å². The average molecular weight is 531 g/mol. The number of hydrogen-bond acceptors (Lipinski definition) is 7. The van der Waals surface area contributed by atoms with Crippen molar-refractivity contribution in [3.8, 4) is 29.4 Å². The van der Waals surface area contributed by atoms with Gasteiger partial charge in [0.25, 0.3) is 0 Å². The number of rotatable bonds is 2. The van der Waals surface area contributed by atoms with Gasteiger partial charge in [-0.1, -0.05) is 29.7 Å². The fourth-order valence-corrected chi connectivity index (χ4v) is 6.91. The molecule has 0 unspecified atom stereocenters. The van der Waals surface area contributed by atoms with E-state index in [2.05, 4.69) is 29.0 Å². The van der Waals surface area contributed by atoms with Crippen molar-refractivity contribution in [2.75, 3.05) is 5.32 Å². The minimum Gasteiger partial charge on any atom is -0.507 e. The number of nitrogens with one attached hydrogen (secondary N) is 1. The number of aliphatic hydroxyl groups is 1. The lowest BCUT2D eigenvalue weighted by Crippen LogP contribution is -2.53. The molecule has 2 heterocycles. The van der Waals surface area contributed by atoms with Crippen molar-refractivity contribution in [2.45, 2.75) is 50.7 Å². The molecule has 2 bridgehead atoms. The third-order valence-corrected chi connectivity index (χ3v) is 8.90. The quantitative estimate of drug-likeness (QED) is 0.178. The van der Waals surface area contributed by atoms with Gasteiger partial charge < -0.3 is 26.0 Å². The number of anilines is 1. The van der Waals surface area contributed by atoms with Crippen LogP contribution in [0.3, 0.4) is 0 Å². The van der Waals surface area contributed by atoms with Crippen LogP contribution in [0.2, 0.25) is 0 Å². The van der Waals surface area contributed by atoms with Gasteiger partial charge in [0, 0.05) is 23.2 Å². The number of aromatic hydroxyl groups is 1. The number of hydrogen-bond donors (Lipinski definition) is 4. The number of epoxide rings is 1. The highest BCUT2D eigenvalue weighted by atomic mass is 16.6. The standard InChI is InChI=1S/C33H26N2O5/c1-16-10-19-12-23-22(13-20(19)11-21(16)15-34)30(38)27-25(37)14-24-29(28(27)31(23)39)35-26-9-7-5-4-6-8-17(2)32(24)33(26,40-32)18(3)36/h4-5,10-14,17-18,26,35-37H,15,34H2,1-3H3/b5-4-/t17-,18-,26+,32-,33+/m1/s1. The Morgan fingerprint density at radius 2 is 1.68 bits per heavy atom. The lowest BCUT2D eigenvalue weighted by Gasteiger charge is -2.38. The summed E-state index contributed by atoms with van der Waals surface area (Å²) >= 11 is 0. The Bertz CT molecular complexity index is 1880. The fourth-order valence-electron chi connectivity index (χ4n) is 6.91. The molecule has 0 saturated carbocycles. The molecule has 1 saturated heterocycles. The van der Waals surface area contributed by atoms with Crippen molar-refractivity contribution in [3.05, 3.63) is 81.4 Å². The Kier molecular flexibility index (Phi) is 4.96. The van der Waals surface area contributed by atoms with Crippen molar-refractivity contribution in [1.29, 1.82) is 0 Å². The van der Waals surface area contributed by atoms with E-state index < -0.39 is 35.0 Å². The molecule has 2 aliphatic heterocycles. The molecule has 4 aliphatic rings. The zero-order valence-corrected chi connectivity index (χ0v) is 22.2. The summed E-state index contributed by atoms with van der Waals surface area (Å²) in [5.41, 5.74) is 6.88. The smallest absolute Gasteiger partial charge is 0.198 e. The second kappa shape index (κ2) is 8.06. The van der Waals surface area contributed by atoms with E-state index in [4.69, 9.17) is 10.5 Å².